The highest BCUT2D eigenvalue weighted by Gasteiger charge is 2.17. The second-order valence-corrected chi connectivity index (χ2v) is 7.23. The van der Waals surface area contributed by atoms with Crippen molar-refractivity contribution in [2.24, 2.45) is 4.99 Å². The SMILES string of the molecule is CC.CCC(=NC)c1cc(-n2c(C)cc(OCc3ncc(F)cc3F)c(Cl)c2=O)c(C)cn1. The number of hydrogen-bond donors (Lipinski definition) is 0. The van der Waals surface area contributed by atoms with Crippen LogP contribution in [0, 0.1) is 25.5 Å². The van der Waals surface area contributed by atoms with E-state index < -0.39 is 17.2 Å². The van der Waals surface area contributed by atoms with E-state index in [1.54, 1.807) is 32.3 Å². The Bertz CT molecular complexity index is 1230. The molecule has 3 heterocycles. The van der Waals surface area contributed by atoms with Crippen LogP contribution in [0.3, 0.4) is 0 Å². The molecule has 0 saturated heterocycles. The summed E-state index contributed by atoms with van der Waals surface area (Å²) in [5, 5.41) is -0.161. The zero-order valence-electron chi connectivity index (χ0n) is 19.5. The number of aryl methyl sites for hydroxylation is 2. The van der Waals surface area contributed by atoms with Gasteiger partial charge in [0.05, 0.1) is 23.3 Å². The zero-order chi connectivity index (χ0) is 24.7. The van der Waals surface area contributed by atoms with E-state index in [2.05, 4.69) is 15.0 Å². The average molecular weight is 477 g/mol. The van der Waals surface area contributed by atoms with E-state index in [9.17, 15) is 13.6 Å². The lowest BCUT2D eigenvalue weighted by Gasteiger charge is -2.17. The molecule has 0 aliphatic rings. The topological polar surface area (TPSA) is 69.4 Å². The van der Waals surface area contributed by atoms with Gasteiger partial charge in [0.15, 0.2) is 5.82 Å². The zero-order valence-corrected chi connectivity index (χ0v) is 20.3. The first-order valence-corrected chi connectivity index (χ1v) is 10.9. The molecule has 0 amide bonds. The average Bonchev–Trinajstić information content (AvgIpc) is 2.80. The van der Waals surface area contributed by atoms with Crippen LogP contribution in [0.4, 0.5) is 8.78 Å². The normalized spacial score (nSPS) is 11.1. The fourth-order valence-corrected chi connectivity index (χ4v) is 3.34. The number of halogens is 3. The molecule has 6 nitrogen and oxygen atoms in total. The second kappa shape index (κ2) is 11.7. The van der Waals surface area contributed by atoms with Crippen LogP contribution in [0.1, 0.15) is 49.8 Å². The van der Waals surface area contributed by atoms with Crippen molar-refractivity contribution in [2.45, 2.75) is 47.6 Å². The fraction of sp³-hybridized carbons (Fsp3) is 0.333. The van der Waals surface area contributed by atoms with Crippen molar-refractivity contribution in [2.75, 3.05) is 7.05 Å². The van der Waals surface area contributed by atoms with Gasteiger partial charge in [-0.05, 0) is 31.9 Å². The molecule has 0 saturated carbocycles. The highest BCUT2D eigenvalue weighted by Crippen LogP contribution is 2.26. The first-order chi connectivity index (χ1) is 15.8. The van der Waals surface area contributed by atoms with Gasteiger partial charge in [-0.3, -0.25) is 24.3 Å². The van der Waals surface area contributed by atoms with Crippen LogP contribution < -0.4 is 10.3 Å². The molecule has 9 heteroatoms. The van der Waals surface area contributed by atoms with Gasteiger partial charge in [0.2, 0.25) is 0 Å². The summed E-state index contributed by atoms with van der Waals surface area (Å²) in [6.45, 7) is 9.24. The Morgan fingerprint density at radius 2 is 1.85 bits per heavy atom. The molecule has 0 unspecified atom stereocenters. The van der Waals surface area contributed by atoms with Gasteiger partial charge in [-0.1, -0.05) is 32.4 Å². The Labute approximate surface area is 197 Å². The van der Waals surface area contributed by atoms with Crippen molar-refractivity contribution in [1.29, 1.82) is 0 Å². The summed E-state index contributed by atoms with van der Waals surface area (Å²) >= 11 is 6.29. The van der Waals surface area contributed by atoms with Crippen LogP contribution in [-0.2, 0) is 6.61 Å². The first-order valence-electron chi connectivity index (χ1n) is 10.5. The molecular weight excluding hydrogens is 450 g/mol. The summed E-state index contributed by atoms with van der Waals surface area (Å²) in [5.41, 5.74) is 2.86. The molecule has 0 bridgehead atoms. The van der Waals surface area contributed by atoms with Crippen molar-refractivity contribution < 1.29 is 13.5 Å². The maximum atomic E-state index is 13.8. The molecular formula is C24H27ClF2N4O2. The van der Waals surface area contributed by atoms with Crippen LogP contribution in [0.2, 0.25) is 5.02 Å². The number of hydrogen-bond acceptors (Lipinski definition) is 5. The minimum atomic E-state index is -0.842. The molecule has 3 aromatic rings. The summed E-state index contributed by atoms with van der Waals surface area (Å²) in [4.78, 5) is 25.4. The Hall–Kier alpha value is -3.13. The van der Waals surface area contributed by atoms with E-state index in [1.807, 2.05) is 27.7 Å². The molecule has 0 aliphatic heterocycles. The predicted octanol–water partition coefficient (Wildman–Crippen LogP) is 5.61. The van der Waals surface area contributed by atoms with Crippen LogP contribution in [-0.4, -0.2) is 27.3 Å². The molecule has 0 aliphatic carbocycles. The number of aromatic nitrogens is 3. The smallest absolute Gasteiger partial charge is 0.277 e. The molecule has 0 radical (unpaired) electrons. The lowest BCUT2D eigenvalue weighted by molar-refractivity contribution is 0.292. The standard InChI is InChI=1S/C22H21ClF2N4O2.C2H6/c1-5-16(26-4)17-8-19(12(2)9-27-17)29-13(3)6-20(21(23)22(29)30)31-11-18-15(25)7-14(24)10-28-18;1-2/h6-10H,5,11H2,1-4H3;1-2H3. The quantitative estimate of drug-likeness (QED) is 0.433. The Morgan fingerprint density at radius 1 is 1.15 bits per heavy atom. The van der Waals surface area contributed by atoms with Crippen molar-refractivity contribution >= 4 is 17.3 Å². The highest BCUT2D eigenvalue weighted by molar-refractivity contribution is 6.31. The summed E-state index contributed by atoms with van der Waals surface area (Å²) in [6.07, 6.45) is 3.26. The number of aliphatic imine (C=N–C) groups is 1. The number of pyridine rings is 3. The van der Waals surface area contributed by atoms with E-state index >= 15 is 0 Å². The van der Waals surface area contributed by atoms with E-state index in [4.69, 9.17) is 16.3 Å². The highest BCUT2D eigenvalue weighted by atomic mass is 35.5. The largest absolute Gasteiger partial charge is 0.485 e. The number of rotatable bonds is 6. The van der Waals surface area contributed by atoms with Gasteiger partial charge < -0.3 is 4.74 Å². The van der Waals surface area contributed by atoms with E-state index in [0.29, 0.717) is 29.6 Å². The molecule has 0 atom stereocenters. The molecule has 0 aromatic carbocycles. The second-order valence-electron chi connectivity index (χ2n) is 6.86. The van der Waals surface area contributed by atoms with Gasteiger partial charge in [0.1, 0.15) is 28.9 Å². The van der Waals surface area contributed by atoms with Crippen LogP contribution in [0.25, 0.3) is 5.69 Å². The maximum absolute atomic E-state index is 13.8. The van der Waals surface area contributed by atoms with Gasteiger partial charge in [-0.25, -0.2) is 8.78 Å². The van der Waals surface area contributed by atoms with Crippen molar-refractivity contribution in [3.8, 4) is 11.4 Å². The molecule has 0 spiro atoms. The van der Waals surface area contributed by atoms with Crippen LogP contribution in [0.5, 0.6) is 5.75 Å². The lowest BCUT2D eigenvalue weighted by atomic mass is 10.1. The lowest BCUT2D eigenvalue weighted by Crippen LogP contribution is -2.23. The maximum Gasteiger partial charge on any atom is 0.277 e. The molecule has 33 heavy (non-hydrogen) atoms. The van der Waals surface area contributed by atoms with E-state index in [-0.39, 0.29) is 23.1 Å². The molecule has 0 fully saturated rings. The summed E-state index contributed by atoms with van der Waals surface area (Å²) in [7, 11) is 1.69. The minimum Gasteiger partial charge on any atom is -0.485 e. The molecule has 3 aromatic heterocycles. The molecule has 0 N–H and O–H groups in total. The van der Waals surface area contributed by atoms with Crippen molar-refractivity contribution in [1.82, 2.24) is 14.5 Å². The third-order valence-electron chi connectivity index (χ3n) is 4.76. The van der Waals surface area contributed by atoms with Gasteiger partial charge in [-0.2, -0.15) is 0 Å². The Morgan fingerprint density at radius 3 is 2.45 bits per heavy atom. The Kier molecular flexibility index (Phi) is 9.22. The Balaban J connectivity index is 0.00000187. The first kappa shape index (κ1) is 26.1. The van der Waals surface area contributed by atoms with Crippen molar-refractivity contribution in [3.05, 3.63) is 80.2 Å². The fourth-order valence-electron chi connectivity index (χ4n) is 3.15. The van der Waals surface area contributed by atoms with Crippen LogP contribution >= 0.6 is 11.6 Å². The number of nitrogens with zero attached hydrogens (tertiary/aromatic N) is 4. The van der Waals surface area contributed by atoms with Gasteiger partial charge >= 0.3 is 0 Å². The third kappa shape index (κ3) is 5.82. The number of ether oxygens (including phenoxy) is 1. The molecule has 176 valence electrons. The monoisotopic (exact) mass is 476 g/mol. The van der Waals surface area contributed by atoms with Crippen LogP contribution in [0.15, 0.2) is 40.4 Å². The van der Waals surface area contributed by atoms with Gasteiger partial charge in [0, 0.05) is 31.1 Å². The minimum absolute atomic E-state index is 0.0854. The molecule has 3 rings (SSSR count). The summed E-state index contributed by atoms with van der Waals surface area (Å²) < 4.78 is 33.8. The van der Waals surface area contributed by atoms with Gasteiger partial charge in [0.25, 0.3) is 5.56 Å². The third-order valence-corrected chi connectivity index (χ3v) is 5.11. The summed E-state index contributed by atoms with van der Waals surface area (Å²) in [6, 6.07) is 4.09. The van der Waals surface area contributed by atoms with E-state index in [1.165, 1.54) is 4.57 Å². The van der Waals surface area contributed by atoms with E-state index in [0.717, 1.165) is 17.5 Å². The van der Waals surface area contributed by atoms with Crippen molar-refractivity contribution in [3.63, 3.8) is 0 Å². The predicted molar refractivity (Wildman–Crippen MR) is 127 cm³/mol. The van der Waals surface area contributed by atoms with Gasteiger partial charge in [-0.15, -0.1) is 0 Å². The summed E-state index contributed by atoms with van der Waals surface area (Å²) in [5.74, 6) is -1.54.